The number of hydrogen-bond acceptors (Lipinski definition) is 4. The van der Waals surface area contributed by atoms with Crippen LogP contribution >= 0.6 is 0 Å². The van der Waals surface area contributed by atoms with Crippen molar-refractivity contribution in [2.75, 3.05) is 34.0 Å². The van der Waals surface area contributed by atoms with Crippen LogP contribution in [-0.2, 0) is 4.74 Å². The van der Waals surface area contributed by atoms with Crippen LogP contribution in [0.5, 0.6) is 11.5 Å². The van der Waals surface area contributed by atoms with Gasteiger partial charge >= 0.3 is 0 Å². The fourth-order valence-corrected chi connectivity index (χ4v) is 1.81. The molecule has 0 aliphatic heterocycles. The predicted octanol–water partition coefficient (Wildman–Crippen LogP) is 2.33. The van der Waals surface area contributed by atoms with E-state index in [9.17, 15) is 0 Å². The Labute approximate surface area is 116 Å². The largest absolute Gasteiger partial charge is 0.493 e. The SMILES string of the molecule is COCC(NCCOc1ccccc1OC)C(C)C. The van der Waals surface area contributed by atoms with Crippen molar-refractivity contribution in [1.82, 2.24) is 5.32 Å². The Bertz CT molecular complexity index is 355. The van der Waals surface area contributed by atoms with Crippen LogP contribution in [0.1, 0.15) is 13.8 Å². The van der Waals surface area contributed by atoms with Crippen LogP contribution in [0.4, 0.5) is 0 Å². The lowest BCUT2D eigenvalue weighted by Gasteiger charge is -2.21. The van der Waals surface area contributed by atoms with Gasteiger partial charge in [-0.3, -0.25) is 0 Å². The minimum Gasteiger partial charge on any atom is -0.493 e. The fourth-order valence-electron chi connectivity index (χ4n) is 1.81. The van der Waals surface area contributed by atoms with Gasteiger partial charge in [0.1, 0.15) is 6.61 Å². The van der Waals surface area contributed by atoms with Gasteiger partial charge in [-0.1, -0.05) is 26.0 Å². The maximum Gasteiger partial charge on any atom is 0.161 e. The molecule has 1 rings (SSSR count). The highest BCUT2D eigenvalue weighted by Crippen LogP contribution is 2.25. The van der Waals surface area contributed by atoms with Crippen LogP contribution in [0.15, 0.2) is 24.3 Å². The van der Waals surface area contributed by atoms with E-state index >= 15 is 0 Å². The summed E-state index contributed by atoms with van der Waals surface area (Å²) in [6.07, 6.45) is 0. The monoisotopic (exact) mass is 267 g/mol. The maximum absolute atomic E-state index is 5.71. The Balaban J connectivity index is 2.33. The van der Waals surface area contributed by atoms with E-state index in [2.05, 4.69) is 19.2 Å². The maximum atomic E-state index is 5.71. The summed E-state index contributed by atoms with van der Waals surface area (Å²) < 4.78 is 16.1. The van der Waals surface area contributed by atoms with Crippen LogP contribution in [-0.4, -0.2) is 40.0 Å². The first-order valence-electron chi connectivity index (χ1n) is 6.67. The molecule has 4 nitrogen and oxygen atoms in total. The summed E-state index contributed by atoms with van der Waals surface area (Å²) in [6.45, 7) is 6.46. The van der Waals surface area contributed by atoms with E-state index in [0.717, 1.165) is 18.0 Å². The summed E-state index contributed by atoms with van der Waals surface area (Å²) >= 11 is 0. The summed E-state index contributed by atoms with van der Waals surface area (Å²) in [4.78, 5) is 0. The highest BCUT2D eigenvalue weighted by molar-refractivity contribution is 5.39. The van der Waals surface area contributed by atoms with Gasteiger partial charge in [-0.15, -0.1) is 0 Å². The standard InChI is InChI=1S/C15H25NO3/c1-12(2)13(11-17-3)16-9-10-19-15-8-6-5-7-14(15)18-4/h5-8,12-13,16H,9-11H2,1-4H3. The zero-order chi connectivity index (χ0) is 14.1. The van der Waals surface area contributed by atoms with Crippen molar-refractivity contribution >= 4 is 0 Å². The number of hydrogen-bond donors (Lipinski definition) is 1. The highest BCUT2D eigenvalue weighted by atomic mass is 16.5. The van der Waals surface area contributed by atoms with E-state index in [-0.39, 0.29) is 0 Å². The van der Waals surface area contributed by atoms with Gasteiger partial charge in [0.05, 0.1) is 13.7 Å². The van der Waals surface area contributed by atoms with Crippen LogP contribution in [0.2, 0.25) is 0 Å². The number of para-hydroxylation sites is 2. The zero-order valence-electron chi connectivity index (χ0n) is 12.3. The third-order valence-electron chi connectivity index (χ3n) is 2.99. The molecular formula is C15H25NO3. The molecule has 4 heteroatoms. The molecule has 0 saturated heterocycles. The minimum atomic E-state index is 0.353. The van der Waals surface area contributed by atoms with Gasteiger partial charge in [0.25, 0.3) is 0 Å². The molecule has 0 aliphatic rings. The average molecular weight is 267 g/mol. The molecule has 0 spiro atoms. The second kappa shape index (κ2) is 8.77. The molecule has 1 unspecified atom stereocenters. The van der Waals surface area contributed by atoms with Gasteiger partial charge in [-0.05, 0) is 18.1 Å². The first-order chi connectivity index (χ1) is 9.19. The third-order valence-corrected chi connectivity index (χ3v) is 2.99. The Kier molecular flexibility index (Phi) is 7.30. The van der Waals surface area contributed by atoms with E-state index in [1.807, 2.05) is 24.3 Å². The highest BCUT2D eigenvalue weighted by Gasteiger charge is 2.11. The van der Waals surface area contributed by atoms with Gasteiger partial charge in [0.15, 0.2) is 11.5 Å². The first-order valence-corrected chi connectivity index (χ1v) is 6.67. The summed E-state index contributed by atoms with van der Waals surface area (Å²) in [6, 6.07) is 8.02. The van der Waals surface area contributed by atoms with Crippen molar-refractivity contribution in [2.24, 2.45) is 5.92 Å². The molecule has 0 radical (unpaired) electrons. The van der Waals surface area contributed by atoms with Crippen LogP contribution in [0.25, 0.3) is 0 Å². The molecular weight excluding hydrogens is 242 g/mol. The molecule has 0 aliphatic carbocycles. The number of nitrogens with one attached hydrogen (secondary N) is 1. The molecule has 1 aromatic rings. The molecule has 0 bridgehead atoms. The summed E-state index contributed by atoms with van der Waals surface area (Å²) in [5, 5.41) is 3.44. The summed E-state index contributed by atoms with van der Waals surface area (Å²) in [5.41, 5.74) is 0. The molecule has 0 saturated carbocycles. The van der Waals surface area contributed by atoms with E-state index in [0.29, 0.717) is 25.2 Å². The second-order valence-electron chi connectivity index (χ2n) is 4.76. The topological polar surface area (TPSA) is 39.7 Å². The van der Waals surface area contributed by atoms with Crippen molar-refractivity contribution in [2.45, 2.75) is 19.9 Å². The lowest BCUT2D eigenvalue weighted by Crippen LogP contribution is -2.39. The van der Waals surface area contributed by atoms with Gasteiger partial charge in [0, 0.05) is 19.7 Å². The third kappa shape index (κ3) is 5.49. The zero-order valence-corrected chi connectivity index (χ0v) is 12.3. The van der Waals surface area contributed by atoms with Crippen molar-refractivity contribution in [3.63, 3.8) is 0 Å². The van der Waals surface area contributed by atoms with Crippen LogP contribution in [0.3, 0.4) is 0 Å². The quantitative estimate of drug-likeness (QED) is 0.697. The lowest BCUT2D eigenvalue weighted by molar-refractivity contribution is 0.143. The van der Waals surface area contributed by atoms with E-state index in [1.54, 1.807) is 14.2 Å². The first kappa shape index (κ1) is 15.8. The molecule has 0 aromatic heterocycles. The lowest BCUT2D eigenvalue weighted by atomic mass is 10.1. The van der Waals surface area contributed by atoms with Gasteiger partial charge in [-0.2, -0.15) is 0 Å². The number of rotatable bonds is 9. The predicted molar refractivity (Wildman–Crippen MR) is 77.0 cm³/mol. The number of ether oxygens (including phenoxy) is 3. The Morgan fingerprint density at radius 3 is 2.37 bits per heavy atom. The molecule has 0 amide bonds. The molecule has 1 atom stereocenters. The van der Waals surface area contributed by atoms with Gasteiger partial charge in [-0.25, -0.2) is 0 Å². The summed E-state index contributed by atoms with van der Waals surface area (Å²) in [7, 11) is 3.37. The Morgan fingerprint density at radius 2 is 1.79 bits per heavy atom. The van der Waals surface area contributed by atoms with E-state index in [1.165, 1.54) is 0 Å². The fraction of sp³-hybridized carbons (Fsp3) is 0.600. The van der Waals surface area contributed by atoms with Gasteiger partial charge in [0.2, 0.25) is 0 Å². The molecule has 0 fully saturated rings. The number of methoxy groups -OCH3 is 2. The van der Waals surface area contributed by atoms with Crippen LogP contribution in [0, 0.1) is 5.92 Å². The van der Waals surface area contributed by atoms with Gasteiger partial charge < -0.3 is 19.5 Å². The van der Waals surface area contributed by atoms with E-state index < -0.39 is 0 Å². The van der Waals surface area contributed by atoms with Crippen LogP contribution < -0.4 is 14.8 Å². The normalized spacial score (nSPS) is 12.5. The second-order valence-corrected chi connectivity index (χ2v) is 4.76. The molecule has 19 heavy (non-hydrogen) atoms. The molecule has 0 heterocycles. The smallest absolute Gasteiger partial charge is 0.161 e. The van der Waals surface area contributed by atoms with Crippen molar-refractivity contribution < 1.29 is 14.2 Å². The molecule has 108 valence electrons. The van der Waals surface area contributed by atoms with E-state index in [4.69, 9.17) is 14.2 Å². The molecule has 1 aromatic carbocycles. The number of benzene rings is 1. The summed E-state index contributed by atoms with van der Waals surface area (Å²) in [5.74, 6) is 2.07. The van der Waals surface area contributed by atoms with Crippen molar-refractivity contribution in [1.29, 1.82) is 0 Å². The van der Waals surface area contributed by atoms with Crippen molar-refractivity contribution in [3.8, 4) is 11.5 Å². The molecule has 1 N–H and O–H groups in total. The minimum absolute atomic E-state index is 0.353. The Morgan fingerprint density at radius 1 is 1.11 bits per heavy atom. The Hall–Kier alpha value is -1.26. The van der Waals surface area contributed by atoms with Crippen molar-refractivity contribution in [3.05, 3.63) is 24.3 Å². The average Bonchev–Trinajstić information content (AvgIpc) is 2.42.